The Balaban J connectivity index is 1.79. The molecule has 10 heteroatoms. The number of hydrogen-bond donors (Lipinski definition) is 4. The number of esters is 1. The number of amides is 3. The largest absolute Gasteiger partial charge is 0.463 e. The van der Waals surface area contributed by atoms with Crippen molar-refractivity contribution in [3.05, 3.63) is 94.6 Å². The number of aromatic amines is 1. The van der Waals surface area contributed by atoms with Crippen molar-refractivity contribution in [1.29, 1.82) is 0 Å². The molecule has 0 aliphatic heterocycles. The Hall–Kier alpha value is -4.18. The Labute approximate surface area is 235 Å². The third kappa shape index (κ3) is 9.26. The van der Waals surface area contributed by atoms with Crippen molar-refractivity contribution in [2.45, 2.75) is 38.3 Å². The fraction of sp³-hybridized carbons (Fsp3) is 0.241. The molecule has 0 saturated carbocycles. The molecule has 2 unspecified atom stereocenters. The predicted octanol–water partition coefficient (Wildman–Crippen LogP) is 3.65. The van der Waals surface area contributed by atoms with Crippen molar-refractivity contribution in [1.82, 2.24) is 15.6 Å². The molecule has 0 saturated heterocycles. The third-order valence-electron chi connectivity index (χ3n) is 5.78. The molecule has 3 rings (SSSR count). The smallest absolute Gasteiger partial charge is 0.330 e. The van der Waals surface area contributed by atoms with Crippen LogP contribution in [0.3, 0.4) is 0 Å². The van der Waals surface area contributed by atoms with E-state index in [9.17, 15) is 19.2 Å². The Kier molecular flexibility index (Phi) is 11.1. The molecule has 39 heavy (non-hydrogen) atoms. The first-order valence-electron chi connectivity index (χ1n) is 12.5. The zero-order chi connectivity index (χ0) is 28.2. The quantitative estimate of drug-likeness (QED) is 0.176. The number of hydrogen-bond acceptors (Lipinski definition) is 5. The van der Waals surface area contributed by atoms with Gasteiger partial charge in [-0.25, -0.2) is 4.79 Å². The van der Waals surface area contributed by atoms with E-state index in [1.54, 1.807) is 19.1 Å². The second-order valence-corrected chi connectivity index (χ2v) is 9.57. The molecule has 0 bridgehead atoms. The molecular formula is C29H31BrN4O5. The van der Waals surface area contributed by atoms with Crippen LogP contribution in [-0.2, 0) is 25.5 Å². The van der Waals surface area contributed by atoms with Gasteiger partial charge in [0, 0.05) is 40.7 Å². The van der Waals surface area contributed by atoms with Crippen LogP contribution >= 0.6 is 15.9 Å². The van der Waals surface area contributed by atoms with E-state index < -0.39 is 35.8 Å². The van der Waals surface area contributed by atoms with E-state index in [0.717, 1.165) is 21.3 Å². The van der Waals surface area contributed by atoms with Crippen molar-refractivity contribution in [2.75, 3.05) is 6.61 Å². The average Bonchev–Trinajstić information content (AvgIpc) is 3.41. The van der Waals surface area contributed by atoms with Crippen LogP contribution in [-0.4, -0.2) is 47.4 Å². The summed E-state index contributed by atoms with van der Waals surface area (Å²) in [5.41, 5.74) is 8.06. The fourth-order valence-corrected chi connectivity index (χ4v) is 4.34. The summed E-state index contributed by atoms with van der Waals surface area (Å²) in [5, 5.41) is 5.63. The summed E-state index contributed by atoms with van der Waals surface area (Å²) in [6, 6.07) is 18.7. The Morgan fingerprint density at radius 1 is 1.00 bits per heavy atom. The zero-order valence-corrected chi connectivity index (χ0v) is 23.1. The summed E-state index contributed by atoms with van der Waals surface area (Å²) >= 11 is 3.51. The van der Waals surface area contributed by atoms with Crippen LogP contribution in [0, 0.1) is 0 Å². The average molecular weight is 595 g/mol. The molecule has 0 aliphatic rings. The lowest BCUT2D eigenvalue weighted by Crippen LogP contribution is -2.50. The molecule has 1 aromatic heterocycles. The molecule has 0 radical (unpaired) electrons. The van der Waals surface area contributed by atoms with Gasteiger partial charge in [0.25, 0.3) is 5.91 Å². The number of H-pyrrole nitrogens is 1. The maximum Gasteiger partial charge on any atom is 0.330 e. The van der Waals surface area contributed by atoms with Crippen LogP contribution in [0.5, 0.6) is 0 Å². The number of nitrogens with one attached hydrogen (secondary N) is 3. The minimum Gasteiger partial charge on any atom is -0.463 e. The highest BCUT2D eigenvalue weighted by molar-refractivity contribution is 9.10. The molecule has 5 N–H and O–H groups in total. The summed E-state index contributed by atoms with van der Waals surface area (Å²) in [6.07, 6.45) is 3.04. The number of carbonyl (C=O) groups excluding carboxylic acids is 4. The van der Waals surface area contributed by atoms with E-state index >= 15 is 0 Å². The first-order valence-corrected chi connectivity index (χ1v) is 13.3. The van der Waals surface area contributed by atoms with E-state index in [1.807, 2.05) is 54.6 Å². The van der Waals surface area contributed by atoms with Crippen LogP contribution in [0.25, 0.3) is 11.3 Å². The Bertz CT molecular complexity index is 1320. The number of halogens is 1. The predicted molar refractivity (Wildman–Crippen MR) is 151 cm³/mol. The van der Waals surface area contributed by atoms with Gasteiger partial charge < -0.3 is 26.1 Å². The van der Waals surface area contributed by atoms with E-state index in [1.165, 1.54) is 12.2 Å². The summed E-state index contributed by atoms with van der Waals surface area (Å²) in [7, 11) is 0. The molecule has 2 atom stereocenters. The molecule has 204 valence electrons. The van der Waals surface area contributed by atoms with Gasteiger partial charge in [-0.05, 0) is 37.1 Å². The molecule has 1 heterocycles. The lowest BCUT2D eigenvalue weighted by atomic mass is 10.0. The molecule has 3 aromatic rings. The minimum atomic E-state index is -0.942. The van der Waals surface area contributed by atoms with Gasteiger partial charge in [0.2, 0.25) is 11.8 Å². The molecule has 0 spiro atoms. The van der Waals surface area contributed by atoms with Crippen molar-refractivity contribution in [3.8, 4) is 11.3 Å². The van der Waals surface area contributed by atoms with Gasteiger partial charge in [-0.15, -0.1) is 0 Å². The molecular weight excluding hydrogens is 564 g/mol. The fourth-order valence-electron chi connectivity index (χ4n) is 3.84. The lowest BCUT2D eigenvalue weighted by Gasteiger charge is -2.22. The summed E-state index contributed by atoms with van der Waals surface area (Å²) in [5.74, 6) is -2.05. The highest BCUT2D eigenvalue weighted by atomic mass is 79.9. The number of primary amides is 1. The number of carbonyl (C=O) groups is 4. The van der Waals surface area contributed by atoms with Crippen LogP contribution in [0.15, 0.2) is 83.4 Å². The van der Waals surface area contributed by atoms with Crippen LogP contribution in [0.2, 0.25) is 0 Å². The molecule has 0 aliphatic carbocycles. The molecule has 3 amide bonds. The first-order chi connectivity index (χ1) is 18.8. The van der Waals surface area contributed by atoms with Gasteiger partial charge in [-0.2, -0.15) is 0 Å². The SMILES string of the molecule is CCOC(=O)/C=C/C(CCC(N)=O)NC(=O)C(Cc1ccccc1)NC(=O)c1ccc(-c2ccccc2Br)[nH]1. The maximum atomic E-state index is 13.4. The third-order valence-corrected chi connectivity index (χ3v) is 6.47. The van der Waals surface area contributed by atoms with Crippen molar-refractivity contribution in [2.24, 2.45) is 5.73 Å². The molecule has 2 aromatic carbocycles. The number of ether oxygens (including phenoxy) is 1. The summed E-state index contributed by atoms with van der Waals surface area (Å²) < 4.78 is 5.77. The second-order valence-electron chi connectivity index (χ2n) is 8.71. The van der Waals surface area contributed by atoms with Gasteiger partial charge in [0.15, 0.2) is 0 Å². The normalized spacial score (nSPS) is 12.5. The Morgan fingerprint density at radius 2 is 1.72 bits per heavy atom. The topological polar surface area (TPSA) is 143 Å². The minimum absolute atomic E-state index is 0.00583. The summed E-state index contributed by atoms with van der Waals surface area (Å²) in [4.78, 5) is 52.9. The van der Waals surface area contributed by atoms with Gasteiger partial charge >= 0.3 is 5.97 Å². The van der Waals surface area contributed by atoms with Crippen LogP contribution < -0.4 is 16.4 Å². The van der Waals surface area contributed by atoms with Gasteiger partial charge in [0.1, 0.15) is 11.7 Å². The summed E-state index contributed by atoms with van der Waals surface area (Å²) in [6.45, 7) is 1.88. The lowest BCUT2D eigenvalue weighted by molar-refractivity contribution is -0.137. The zero-order valence-electron chi connectivity index (χ0n) is 21.5. The van der Waals surface area contributed by atoms with E-state index in [-0.39, 0.29) is 25.9 Å². The highest BCUT2D eigenvalue weighted by Crippen LogP contribution is 2.27. The van der Waals surface area contributed by atoms with E-state index in [4.69, 9.17) is 10.5 Å². The Morgan fingerprint density at radius 3 is 2.41 bits per heavy atom. The maximum absolute atomic E-state index is 13.4. The number of nitrogens with two attached hydrogens (primary N) is 1. The highest BCUT2D eigenvalue weighted by Gasteiger charge is 2.25. The van der Waals surface area contributed by atoms with Gasteiger partial charge in [-0.1, -0.05) is 70.5 Å². The van der Waals surface area contributed by atoms with Gasteiger partial charge in [-0.3, -0.25) is 14.4 Å². The van der Waals surface area contributed by atoms with Crippen molar-refractivity contribution >= 4 is 39.6 Å². The van der Waals surface area contributed by atoms with Gasteiger partial charge in [0.05, 0.1) is 6.61 Å². The van der Waals surface area contributed by atoms with E-state index in [0.29, 0.717) is 5.69 Å². The van der Waals surface area contributed by atoms with Crippen LogP contribution in [0.4, 0.5) is 0 Å². The van der Waals surface area contributed by atoms with E-state index in [2.05, 4.69) is 31.5 Å². The van der Waals surface area contributed by atoms with Crippen LogP contribution in [0.1, 0.15) is 35.8 Å². The second kappa shape index (κ2) is 14.7. The first kappa shape index (κ1) is 29.4. The monoisotopic (exact) mass is 594 g/mol. The number of aromatic nitrogens is 1. The molecule has 0 fully saturated rings. The van der Waals surface area contributed by atoms with Crippen molar-refractivity contribution in [3.63, 3.8) is 0 Å². The van der Waals surface area contributed by atoms with Crippen molar-refractivity contribution < 1.29 is 23.9 Å². The molecule has 9 nitrogen and oxygen atoms in total. The number of benzene rings is 2. The standard InChI is InChI=1S/C29H31BrN4O5/c1-2-39-27(36)17-13-20(12-16-26(31)35)32-29(38)25(18-19-8-4-3-5-9-19)34-28(37)24-15-14-23(33-24)21-10-6-7-11-22(21)30/h3-11,13-15,17,20,25,33H,2,12,16,18H2,1H3,(H2,31,35)(H,32,38)(H,34,37)/b17-13+. The number of rotatable bonds is 13.